The molecule has 1 nitrogen and oxygen atoms in total. The van der Waals surface area contributed by atoms with Gasteiger partial charge in [-0.2, -0.15) is 0 Å². The molecule has 0 bridgehead atoms. The molecule has 1 heterocycles. The Morgan fingerprint density at radius 2 is 1.66 bits per heavy atom. The van der Waals surface area contributed by atoms with E-state index in [1.807, 2.05) is 18.2 Å². The van der Waals surface area contributed by atoms with Gasteiger partial charge >= 0.3 is 0 Å². The van der Waals surface area contributed by atoms with Crippen LogP contribution in [0.25, 0.3) is 22.8 Å². The first kappa shape index (κ1) is 19.4. The molecule has 0 atom stereocenters. The molecule has 3 aromatic carbocycles. The molecule has 146 valence electrons. The molecule has 0 N–H and O–H groups in total. The minimum atomic E-state index is -0.195. The molecule has 3 aromatic rings. The summed E-state index contributed by atoms with van der Waals surface area (Å²) in [6.07, 6.45) is 7.84. The molecule has 0 saturated carbocycles. The van der Waals surface area contributed by atoms with E-state index in [2.05, 4.69) is 72.5 Å². The van der Waals surface area contributed by atoms with Gasteiger partial charge in [-0.15, -0.1) is 0 Å². The molecule has 1 aliphatic heterocycles. The van der Waals surface area contributed by atoms with Crippen LogP contribution >= 0.6 is 0 Å². The second kappa shape index (κ2) is 9.02. The monoisotopic (exact) mass is 383 g/mol. The maximum Gasteiger partial charge on any atom is 0.123 e. The van der Waals surface area contributed by atoms with Gasteiger partial charge < -0.3 is 0 Å². The van der Waals surface area contributed by atoms with E-state index in [4.69, 9.17) is 0 Å². The largest absolute Gasteiger partial charge is 0.296 e. The Morgan fingerprint density at radius 1 is 0.897 bits per heavy atom. The van der Waals surface area contributed by atoms with Crippen LogP contribution in [-0.2, 0) is 0 Å². The van der Waals surface area contributed by atoms with Crippen molar-refractivity contribution in [3.8, 4) is 11.1 Å². The molecule has 0 aliphatic carbocycles. The zero-order valence-electron chi connectivity index (χ0n) is 16.8. The van der Waals surface area contributed by atoms with Crippen LogP contribution in [0.3, 0.4) is 0 Å². The lowest BCUT2D eigenvalue weighted by molar-refractivity contribution is 0.335. The van der Waals surface area contributed by atoms with Crippen molar-refractivity contribution in [3.63, 3.8) is 0 Å². The Kier molecular flexibility index (Phi) is 6.02. The highest BCUT2D eigenvalue weighted by molar-refractivity contribution is 5.77. The third-order valence-electron chi connectivity index (χ3n) is 5.60. The van der Waals surface area contributed by atoms with Crippen LogP contribution in [0.1, 0.15) is 23.1 Å². The fraction of sp³-hybridized carbons (Fsp3) is 0.185. The van der Waals surface area contributed by atoms with Crippen molar-refractivity contribution in [2.24, 2.45) is 0 Å². The minimum Gasteiger partial charge on any atom is -0.296 e. The quantitative estimate of drug-likeness (QED) is 0.479. The van der Waals surface area contributed by atoms with Crippen molar-refractivity contribution >= 4 is 11.6 Å². The second-order valence-corrected chi connectivity index (χ2v) is 7.54. The van der Waals surface area contributed by atoms with Crippen molar-refractivity contribution in [2.75, 3.05) is 19.6 Å². The summed E-state index contributed by atoms with van der Waals surface area (Å²) in [5.74, 6) is -0.195. The Morgan fingerprint density at radius 3 is 2.38 bits per heavy atom. The highest BCUT2D eigenvalue weighted by atomic mass is 19.1. The van der Waals surface area contributed by atoms with E-state index in [9.17, 15) is 4.39 Å². The van der Waals surface area contributed by atoms with Crippen molar-refractivity contribution in [1.82, 2.24) is 4.90 Å². The molecule has 0 fully saturated rings. The summed E-state index contributed by atoms with van der Waals surface area (Å²) in [5, 5.41) is 0. The minimum absolute atomic E-state index is 0.195. The number of benzene rings is 3. The molecule has 0 aromatic heterocycles. The van der Waals surface area contributed by atoms with Crippen molar-refractivity contribution < 1.29 is 4.39 Å². The van der Waals surface area contributed by atoms with Gasteiger partial charge in [-0.25, -0.2) is 4.39 Å². The summed E-state index contributed by atoms with van der Waals surface area (Å²) in [4.78, 5) is 2.46. The van der Waals surface area contributed by atoms with Crippen LogP contribution in [0.5, 0.6) is 0 Å². The van der Waals surface area contributed by atoms with Gasteiger partial charge in [-0.05, 0) is 58.9 Å². The van der Waals surface area contributed by atoms with E-state index in [0.29, 0.717) is 0 Å². The van der Waals surface area contributed by atoms with Crippen LogP contribution < -0.4 is 0 Å². The van der Waals surface area contributed by atoms with Crippen molar-refractivity contribution in [3.05, 3.63) is 107 Å². The van der Waals surface area contributed by atoms with E-state index in [1.165, 1.54) is 40.0 Å². The fourth-order valence-electron chi connectivity index (χ4n) is 3.95. The molecule has 1 aliphatic rings. The summed E-state index contributed by atoms with van der Waals surface area (Å²) in [6.45, 7) is 5.16. The summed E-state index contributed by atoms with van der Waals surface area (Å²) in [5.41, 5.74) is 7.48. The zero-order chi connectivity index (χ0) is 20.1. The highest BCUT2D eigenvalue weighted by Gasteiger charge is 2.15. The first-order chi connectivity index (χ1) is 14.2. The van der Waals surface area contributed by atoms with E-state index in [1.54, 1.807) is 0 Å². The lowest BCUT2D eigenvalue weighted by Crippen LogP contribution is -2.28. The maximum absolute atomic E-state index is 13.3. The molecule has 0 spiro atoms. The lowest BCUT2D eigenvalue weighted by atomic mass is 9.90. The zero-order valence-corrected chi connectivity index (χ0v) is 16.8. The van der Waals surface area contributed by atoms with Crippen molar-refractivity contribution in [1.29, 1.82) is 0 Å². The van der Waals surface area contributed by atoms with Gasteiger partial charge in [0.15, 0.2) is 0 Å². The Hall–Kier alpha value is -2.97. The van der Waals surface area contributed by atoms with Gasteiger partial charge in [0.25, 0.3) is 0 Å². The summed E-state index contributed by atoms with van der Waals surface area (Å²) < 4.78 is 13.3. The smallest absolute Gasteiger partial charge is 0.123 e. The van der Waals surface area contributed by atoms with Crippen LogP contribution in [-0.4, -0.2) is 24.5 Å². The molecule has 0 unspecified atom stereocenters. The molecule has 2 heteroatoms. The number of halogens is 1. The summed E-state index contributed by atoms with van der Waals surface area (Å²) in [7, 11) is 0. The molecular formula is C27H26FN. The van der Waals surface area contributed by atoms with E-state index < -0.39 is 0 Å². The third kappa shape index (κ3) is 4.72. The number of hydrogen-bond acceptors (Lipinski definition) is 1. The first-order valence-corrected chi connectivity index (χ1v) is 10.2. The van der Waals surface area contributed by atoms with Gasteiger partial charge in [-0.3, -0.25) is 4.90 Å². The fourth-order valence-corrected chi connectivity index (χ4v) is 3.95. The third-order valence-corrected chi connectivity index (χ3v) is 5.60. The Bertz CT molecular complexity index is 1020. The summed E-state index contributed by atoms with van der Waals surface area (Å²) >= 11 is 0. The van der Waals surface area contributed by atoms with Gasteiger partial charge in [0.05, 0.1) is 0 Å². The molecule has 0 saturated heterocycles. The second-order valence-electron chi connectivity index (χ2n) is 7.54. The number of hydrogen-bond donors (Lipinski definition) is 0. The van der Waals surface area contributed by atoms with Gasteiger partial charge in [-0.1, -0.05) is 78.9 Å². The predicted molar refractivity (Wildman–Crippen MR) is 121 cm³/mol. The first-order valence-electron chi connectivity index (χ1n) is 10.2. The Balaban J connectivity index is 1.45. The number of nitrogens with zero attached hydrogens (tertiary/aromatic N) is 1. The highest BCUT2D eigenvalue weighted by Crippen LogP contribution is 2.32. The van der Waals surface area contributed by atoms with E-state index >= 15 is 0 Å². The lowest BCUT2D eigenvalue weighted by Gasteiger charge is -2.26. The normalized spacial score (nSPS) is 14.9. The molecular weight excluding hydrogens is 357 g/mol. The van der Waals surface area contributed by atoms with Gasteiger partial charge in [0.2, 0.25) is 0 Å². The van der Waals surface area contributed by atoms with Gasteiger partial charge in [0, 0.05) is 19.6 Å². The number of rotatable bonds is 5. The average Bonchev–Trinajstić information content (AvgIpc) is 2.76. The average molecular weight is 384 g/mol. The maximum atomic E-state index is 13.3. The Labute approximate surface area is 172 Å². The molecule has 29 heavy (non-hydrogen) atoms. The molecule has 4 rings (SSSR count). The standard InChI is InChI=1S/C27H26FN/c1-21-26(23-12-14-25(28)15-13-23)10-5-11-27(21)24-16-19-29(20-17-24)18-6-9-22-7-3-2-4-8-22/h2-16H,17-20H2,1H3/b9-6+. The summed E-state index contributed by atoms with van der Waals surface area (Å²) in [6, 6.07) is 23.6. The molecule has 0 amide bonds. The SMILES string of the molecule is Cc1c(C2=CCN(C/C=C/c3ccccc3)CC2)cccc1-c1ccc(F)cc1. The molecule has 0 radical (unpaired) electrons. The van der Waals surface area contributed by atoms with E-state index in [0.717, 1.165) is 31.6 Å². The van der Waals surface area contributed by atoms with Crippen LogP contribution in [0.2, 0.25) is 0 Å². The van der Waals surface area contributed by atoms with Gasteiger partial charge in [0.1, 0.15) is 5.82 Å². The topological polar surface area (TPSA) is 3.24 Å². The van der Waals surface area contributed by atoms with Crippen LogP contribution in [0, 0.1) is 12.7 Å². The van der Waals surface area contributed by atoms with Crippen LogP contribution in [0.15, 0.2) is 84.9 Å². The van der Waals surface area contributed by atoms with Crippen LogP contribution in [0.4, 0.5) is 4.39 Å². The van der Waals surface area contributed by atoms with Crippen molar-refractivity contribution in [2.45, 2.75) is 13.3 Å². The van der Waals surface area contributed by atoms with E-state index in [-0.39, 0.29) is 5.82 Å². The predicted octanol–water partition coefficient (Wildman–Crippen LogP) is 6.60.